The summed E-state index contributed by atoms with van der Waals surface area (Å²) in [5.74, 6) is 4.65. The van der Waals surface area contributed by atoms with E-state index < -0.39 is 11.9 Å². The third kappa shape index (κ3) is 10.6. The molecule has 10 heteroatoms. The Morgan fingerprint density at radius 3 is 1.49 bits per heavy atom. The second-order valence-electron chi connectivity index (χ2n) is 23.4. The van der Waals surface area contributed by atoms with Crippen LogP contribution in [-0.2, 0) is 12.8 Å². The fraction of sp³-hybridized carbons (Fsp3) is 0.237. The first kappa shape index (κ1) is 57.5. The fourth-order valence-electron chi connectivity index (χ4n) is 12.8. The predicted octanol–water partition coefficient (Wildman–Crippen LogP) is 20.8. The third-order valence-corrected chi connectivity index (χ3v) is 19.6. The van der Waals surface area contributed by atoms with Crippen LogP contribution in [0.4, 0.5) is 22.7 Å². The minimum absolute atomic E-state index is 0.107. The molecule has 86 heavy (non-hydrogen) atoms. The van der Waals surface area contributed by atoms with Crippen LogP contribution in [0.5, 0.6) is 0 Å². The number of unbranched alkanes of at least 4 members (excludes halogenated alkanes) is 6. The average molecular weight is 1170 g/mol. The first-order valence-electron chi connectivity index (χ1n) is 30.3. The van der Waals surface area contributed by atoms with Gasteiger partial charge < -0.3 is 15.1 Å². The van der Waals surface area contributed by atoms with Gasteiger partial charge >= 0.3 is 11.9 Å². The van der Waals surface area contributed by atoms with Crippen LogP contribution in [0.3, 0.4) is 0 Å². The van der Waals surface area contributed by atoms with Crippen LogP contribution in [0.1, 0.15) is 179 Å². The Hall–Kier alpha value is -8.88. The molecule has 0 bridgehead atoms. The monoisotopic (exact) mass is 1170 g/mol. The quantitative estimate of drug-likeness (QED) is 0.0257. The lowest BCUT2D eigenvalue weighted by atomic mass is 9.83. The standard InChI is InChI=1S/C76H68N2O6S2/c1-7-9-11-13-17-50-43-55(36-25-47-23-30-52(31-24-47)77(53-32-26-48(27-33-53)75(81)82)54-34-28-49(29-35-54)76(83)84)85-72(50)66-44-51(18-14-12-10-8-2)71(86-66)63-40-37-60-62-39-42-65-69-64(41-38-61(68(62)69)58-21-16-22-59(63)67(58)60)73(79)78(74(65)80)70-56(45(3)4)19-15-20-57(70)46(5)6/h15-16,19-24,26-35,37-46H,7-14,17-18H2,1-6H3,(H,81,82)(H,83,84). The third-order valence-electron chi connectivity index (χ3n) is 17.1. The summed E-state index contributed by atoms with van der Waals surface area (Å²) in [5.41, 5.74) is 11.1. The highest BCUT2D eigenvalue weighted by atomic mass is 32.1. The van der Waals surface area contributed by atoms with E-state index in [0.29, 0.717) is 16.8 Å². The summed E-state index contributed by atoms with van der Waals surface area (Å²) < 4.78 is 0. The predicted molar refractivity (Wildman–Crippen MR) is 357 cm³/mol. The molecule has 2 N–H and O–H groups in total. The molecule has 0 atom stereocenters. The molecule has 0 saturated heterocycles. The number of para-hydroxylation sites is 1. The number of thiophene rings is 2. The van der Waals surface area contributed by atoms with Crippen molar-refractivity contribution in [2.45, 2.75) is 118 Å². The van der Waals surface area contributed by atoms with Crippen LogP contribution in [0.15, 0.2) is 158 Å². The summed E-state index contributed by atoms with van der Waals surface area (Å²) in [4.78, 5) is 61.7. The lowest BCUT2D eigenvalue weighted by Crippen LogP contribution is -2.41. The largest absolute Gasteiger partial charge is 0.478 e. The minimum Gasteiger partial charge on any atom is -0.478 e. The number of amides is 2. The van der Waals surface area contributed by atoms with Crippen molar-refractivity contribution in [3.63, 3.8) is 0 Å². The number of benzene rings is 9. The van der Waals surface area contributed by atoms with Crippen molar-refractivity contribution in [1.82, 2.24) is 0 Å². The minimum atomic E-state index is -1.01. The summed E-state index contributed by atoms with van der Waals surface area (Å²) >= 11 is 3.66. The van der Waals surface area contributed by atoms with Crippen molar-refractivity contribution in [1.29, 1.82) is 0 Å². The van der Waals surface area contributed by atoms with Gasteiger partial charge in [-0.15, -0.1) is 22.7 Å². The zero-order chi connectivity index (χ0) is 59.9. The molecule has 12 rings (SSSR count). The van der Waals surface area contributed by atoms with E-state index >= 15 is 0 Å². The molecule has 1 aliphatic heterocycles. The molecule has 2 aromatic heterocycles. The number of fused-ring (bicyclic) bond motifs is 2. The fourth-order valence-corrected chi connectivity index (χ4v) is 15.2. The summed E-state index contributed by atoms with van der Waals surface area (Å²) in [5, 5.41) is 27.6. The Kier molecular flexibility index (Phi) is 16.2. The van der Waals surface area contributed by atoms with E-state index in [-0.39, 0.29) is 34.8 Å². The maximum Gasteiger partial charge on any atom is 0.335 e. The van der Waals surface area contributed by atoms with Gasteiger partial charge in [-0.3, -0.25) is 9.59 Å². The van der Waals surface area contributed by atoms with Gasteiger partial charge in [0.2, 0.25) is 0 Å². The van der Waals surface area contributed by atoms with Crippen LogP contribution in [-0.4, -0.2) is 34.0 Å². The van der Waals surface area contributed by atoms with E-state index in [0.717, 1.165) is 109 Å². The van der Waals surface area contributed by atoms with E-state index in [1.165, 1.54) is 72.7 Å². The van der Waals surface area contributed by atoms with Gasteiger partial charge in [-0.05, 0) is 200 Å². The van der Waals surface area contributed by atoms with Crippen molar-refractivity contribution < 1.29 is 29.4 Å². The van der Waals surface area contributed by atoms with Crippen LogP contribution < -0.4 is 9.80 Å². The van der Waals surface area contributed by atoms with E-state index in [4.69, 9.17) is 0 Å². The molecular formula is C76H68N2O6S2. The van der Waals surface area contributed by atoms with Gasteiger partial charge in [-0.1, -0.05) is 153 Å². The highest BCUT2D eigenvalue weighted by Crippen LogP contribution is 2.50. The summed E-state index contributed by atoms with van der Waals surface area (Å²) in [6.45, 7) is 13.0. The molecule has 0 unspecified atom stereocenters. The Morgan fingerprint density at radius 1 is 0.488 bits per heavy atom. The van der Waals surface area contributed by atoms with Gasteiger partial charge in [0, 0.05) is 53.8 Å². The van der Waals surface area contributed by atoms with E-state index in [9.17, 15) is 29.4 Å². The van der Waals surface area contributed by atoms with Crippen molar-refractivity contribution >= 4 is 112 Å². The smallest absolute Gasteiger partial charge is 0.335 e. The van der Waals surface area contributed by atoms with Crippen LogP contribution >= 0.6 is 22.7 Å². The average Bonchev–Trinajstić information content (AvgIpc) is 3.55. The number of rotatable bonds is 20. The first-order valence-corrected chi connectivity index (χ1v) is 31.9. The molecule has 3 heterocycles. The molecule has 2 amide bonds. The second kappa shape index (κ2) is 24.2. The Balaban J connectivity index is 0.922. The van der Waals surface area contributed by atoms with Gasteiger partial charge in [-0.2, -0.15) is 0 Å². The highest BCUT2D eigenvalue weighted by Gasteiger charge is 2.38. The summed E-state index contributed by atoms with van der Waals surface area (Å²) in [6, 6.07) is 51.5. The molecule has 0 aliphatic carbocycles. The number of carbonyl (C=O) groups is 4. The van der Waals surface area contributed by atoms with E-state index in [2.05, 4.69) is 108 Å². The Morgan fingerprint density at radius 2 is 0.965 bits per heavy atom. The van der Waals surface area contributed by atoms with E-state index in [1.54, 1.807) is 59.9 Å². The SMILES string of the molecule is CCCCCCc1cc(C#Cc2ccc(N(c3ccc(C(=O)O)cc3)c3ccc(C(=O)O)cc3)cc2)sc1-c1cc(CCCCCC)c(-c2ccc3c4ccc5c6c(ccc(c7cccc2c73)c64)C(=O)N(c2c(C(C)C)cccc2C(C)C)C5=O)s1. The molecule has 8 nitrogen and oxygen atoms in total. The molecule has 0 spiro atoms. The van der Waals surface area contributed by atoms with Crippen molar-refractivity contribution in [3.05, 3.63) is 213 Å². The molecule has 11 aromatic rings. The lowest BCUT2D eigenvalue weighted by molar-refractivity contribution is 0.0686. The normalized spacial score (nSPS) is 12.4. The summed E-state index contributed by atoms with van der Waals surface area (Å²) in [6.07, 6.45) is 11.2. The second-order valence-corrected chi connectivity index (χ2v) is 25.5. The number of carboxylic acids is 2. The van der Waals surface area contributed by atoms with Crippen molar-refractivity contribution in [3.8, 4) is 32.0 Å². The van der Waals surface area contributed by atoms with Gasteiger partial charge in [0.25, 0.3) is 11.8 Å². The first-order chi connectivity index (χ1) is 41.7. The number of hydrogen-bond donors (Lipinski definition) is 2. The van der Waals surface area contributed by atoms with Gasteiger partial charge in [0.1, 0.15) is 0 Å². The number of imide groups is 1. The number of aromatic carboxylic acids is 2. The Labute approximate surface area is 510 Å². The van der Waals surface area contributed by atoms with Crippen LogP contribution in [0, 0.1) is 11.8 Å². The van der Waals surface area contributed by atoms with Gasteiger partial charge in [0.15, 0.2) is 0 Å². The topological polar surface area (TPSA) is 115 Å². The van der Waals surface area contributed by atoms with Gasteiger partial charge in [0.05, 0.1) is 21.7 Å². The molecule has 430 valence electrons. The van der Waals surface area contributed by atoms with Crippen molar-refractivity contribution in [2.24, 2.45) is 0 Å². The van der Waals surface area contributed by atoms with Crippen molar-refractivity contribution in [2.75, 3.05) is 9.80 Å². The molecule has 1 aliphatic rings. The maximum absolute atomic E-state index is 15.0. The van der Waals surface area contributed by atoms with Crippen LogP contribution in [0.2, 0.25) is 0 Å². The summed E-state index contributed by atoms with van der Waals surface area (Å²) in [7, 11) is 0. The number of carbonyl (C=O) groups excluding carboxylic acids is 2. The number of hydrogen-bond acceptors (Lipinski definition) is 7. The number of carboxylic acid groups (broad SMARTS) is 2. The molecule has 0 saturated carbocycles. The molecule has 0 radical (unpaired) electrons. The molecular weight excluding hydrogens is 1100 g/mol. The lowest BCUT2D eigenvalue weighted by Gasteiger charge is -2.32. The highest BCUT2D eigenvalue weighted by molar-refractivity contribution is 7.24. The van der Waals surface area contributed by atoms with Crippen LogP contribution in [0.25, 0.3) is 63.3 Å². The number of anilines is 4. The number of nitrogens with zero attached hydrogens (tertiary/aromatic N) is 2. The zero-order valence-corrected chi connectivity index (χ0v) is 51.1. The van der Waals surface area contributed by atoms with Gasteiger partial charge in [-0.25, -0.2) is 14.5 Å². The zero-order valence-electron chi connectivity index (χ0n) is 49.5. The number of aryl methyl sites for hydroxylation is 2. The maximum atomic E-state index is 15.0. The Bertz CT molecular complexity index is 4340. The van der Waals surface area contributed by atoms with E-state index in [1.807, 2.05) is 70.8 Å². The molecule has 9 aromatic carbocycles. The molecule has 0 fully saturated rings.